The quantitative estimate of drug-likeness (QED) is 0.279. The predicted octanol–water partition coefficient (Wildman–Crippen LogP) is 4.45. The minimum absolute atomic E-state index is 0.140. The summed E-state index contributed by atoms with van der Waals surface area (Å²) in [5, 5.41) is 3.38. The lowest BCUT2D eigenvalue weighted by atomic mass is 10.1. The molecule has 0 fully saturated rings. The summed E-state index contributed by atoms with van der Waals surface area (Å²) < 4.78 is 22.2. The average Bonchev–Trinajstić information content (AvgIpc) is 2.66. The lowest BCUT2D eigenvalue weighted by Crippen LogP contribution is -2.15. The molecule has 148 valence electrons. The van der Waals surface area contributed by atoms with Gasteiger partial charge in [0.2, 0.25) is 11.6 Å². The third kappa shape index (κ3) is 7.53. The molecule has 0 spiro atoms. The Kier molecular flexibility index (Phi) is 9.33. The largest absolute Gasteiger partial charge is 0.365 e. The first kappa shape index (κ1) is 22.3. The highest BCUT2D eigenvalue weighted by atomic mass is 35.5. The van der Waals surface area contributed by atoms with Gasteiger partial charge in [-0.15, -0.1) is 0 Å². The zero-order chi connectivity index (χ0) is 20.4. The van der Waals surface area contributed by atoms with Crippen LogP contribution in [0.3, 0.4) is 0 Å². The zero-order valence-electron chi connectivity index (χ0n) is 16.2. The van der Waals surface area contributed by atoms with E-state index in [0.717, 1.165) is 11.1 Å². The number of rotatable bonds is 9. The van der Waals surface area contributed by atoms with Crippen LogP contribution in [0.15, 0.2) is 30.5 Å². The van der Waals surface area contributed by atoms with Crippen LogP contribution < -0.4 is 5.32 Å². The van der Waals surface area contributed by atoms with Crippen LogP contribution in [-0.2, 0) is 26.7 Å². The molecule has 0 saturated carbocycles. The van der Waals surface area contributed by atoms with Crippen molar-refractivity contribution < 1.29 is 14.0 Å². The van der Waals surface area contributed by atoms with Crippen LogP contribution in [0.4, 0.5) is 5.82 Å². The van der Waals surface area contributed by atoms with Crippen molar-refractivity contribution in [2.75, 3.05) is 25.2 Å². The molecular weight excluding hydrogens is 397 g/mol. The maximum absolute atomic E-state index is 11.3. The lowest BCUT2D eigenvalue weighted by molar-refractivity contribution is -0.0969. The third-order valence-corrected chi connectivity index (χ3v) is 4.60. The molecule has 6 nitrogen and oxygen atoms in total. The SMILES string of the molecule is CCOC(C#Cc1cnc(Cl)nc1NCc1ccc(C[P+](C)=O)cc1)OCC. The maximum atomic E-state index is 11.3. The van der Waals surface area contributed by atoms with E-state index >= 15 is 0 Å². The van der Waals surface area contributed by atoms with E-state index in [1.165, 1.54) is 0 Å². The van der Waals surface area contributed by atoms with E-state index in [4.69, 9.17) is 21.1 Å². The number of hydrogen-bond donors (Lipinski definition) is 1. The molecule has 28 heavy (non-hydrogen) atoms. The van der Waals surface area contributed by atoms with Crippen molar-refractivity contribution in [3.63, 3.8) is 0 Å². The van der Waals surface area contributed by atoms with E-state index in [2.05, 4.69) is 27.1 Å². The third-order valence-electron chi connectivity index (χ3n) is 3.61. The number of hydrogen-bond acceptors (Lipinski definition) is 6. The molecule has 8 heteroatoms. The van der Waals surface area contributed by atoms with Crippen molar-refractivity contribution in [1.29, 1.82) is 0 Å². The summed E-state index contributed by atoms with van der Waals surface area (Å²) in [4.78, 5) is 8.24. The molecule has 0 radical (unpaired) electrons. The van der Waals surface area contributed by atoms with Crippen molar-refractivity contribution in [2.45, 2.75) is 32.8 Å². The first-order chi connectivity index (χ1) is 13.5. The Morgan fingerprint density at radius 2 is 1.82 bits per heavy atom. The molecule has 1 heterocycles. The Morgan fingerprint density at radius 1 is 1.18 bits per heavy atom. The van der Waals surface area contributed by atoms with Crippen molar-refractivity contribution in [3.05, 3.63) is 52.4 Å². The fraction of sp³-hybridized carbons (Fsp3) is 0.400. The molecule has 0 aliphatic heterocycles. The fourth-order valence-electron chi connectivity index (χ4n) is 2.36. The van der Waals surface area contributed by atoms with E-state index in [1.54, 1.807) is 12.9 Å². The molecule has 1 atom stereocenters. The monoisotopic (exact) mass is 420 g/mol. The van der Waals surface area contributed by atoms with Gasteiger partial charge in [-0.25, -0.2) is 4.98 Å². The van der Waals surface area contributed by atoms with E-state index in [0.29, 0.717) is 37.3 Å². The van der Waals surface area contributed by atoms with Gasteiger partial charge in [0.25, 0.3) is 0 Å². The Morgan fingerprint density at radius 3 is 2.43 bits per heavy atom. The summed E-state index contributed by atoms with van der Waals surface area (Å²) in [6.45, 7) is 7.05. The summed E-state index contributed by atoms with van der Waals surface area (Å²) >= 11 is 5.94. The van der Waals surface area contributed by atoms with Crippen molar-refractivity contribution in [3.8, 4) is 11.8 Å². The number of nitrogens with one attached hydrogen (secondary N) is 1. The maximum Gasteiger partial charge on any atom is 0.340 e. The first-order valence-electron chi connectivity index (χ1n) is 8.99. The molecule has 1 N–H and O–H groups in total. The number of halogens is 1. The molecule has 0 aliphatic rings. The van der Waals surface area contributed by atoms with Crippen molar-refractivity contribution in [2.24, 2.45) is 0 Å². The standard InChI is InChI=1S/C20H24ClN3O3P/c1-4-26-18(27-5-2)11-10-17-13-23-20(21)24-19(17)22-12-15-6-8-16(9-7-15)14-28(3)25/h6-9,13,18H,4-5,12,14H2,1-3H3,(H,22,23,24)/q+1. The van der Waals surface area contributed by atoms with E-state index in [-0.39, 0.29) is 5.28 Å². The molecule has 1 aromatic heterocycles. The van der Waals surface area contributed by atoms with Gasteiger partial charge in [0.15, 0.2) is 6.16 Å². The second kappa shape index (κ2) is 11.7. The highest BCUT2D eigenvalue weighted by Gasteiger charge is 2.09. The minimum atomic E-state index is -1.19. The fourth-order valence-corrected chi connectivity index (χ4v) is 3.22. The topological polar surface area (TPSA) is 73.3 Å². The zero-order valence-corrected chi connectivity index (χ0v) is 17.9. The second-order valence-corrected chi connectivity index (χ2v) is 7.78. The molecule has 0 aliphatic carbocycles. The molecule has 0 saturated heterocycles. The molecule has 0 amide bonds. The minimum Gasteiger partial charge on any atom is -0.365 e. The number of ether oxygens (including phenoxy) is 2. The summed E-state index contributed by atoms with van der Waals surface area (Å²) in [6.07, 6.45) is 1.56. The van der Waals surface area contributed by atoms with Gasteiger partial charge in [-0.1, -0.05) is 34.8 Å². The van der Waals surface area contributed by atoms with Crippen LogP contribution in [-0.4, -0.2) is 36.1 Å². The highest BCUT2D eigenvalue weighted by Crippen LogP contribution is 2.22. The van der Waals surface area contributed by atoms with E-state index in [1.807, 2.05) is 38.1 Å². The molecule has 0 bridgehead atoms. The summed E-state index contributed by atoms with van der Waals surface area (Å²) in [6, 6.07) is 7.96. The van der Waals surface area contributed by atoms with Crippen LogP contribution in [0.2, 0.25) is 5.28 Å². The van der Waals surface area contributed by atoms with Crippen LogP contribution in [0.5, 0.6) is 0 Å². The Balaban J connectivity index is 2.11. The average molecular weight is 421 g/mol. The number of anilines is 1. The molecule has 1 aromatic carbocycles. The summed E-state index contributed by atoms with van der Waals surface area (Å²) in [5.74, 6) is 6.48. The first-order valence-corrected chi connectivity index (χ1v) is 11.3. The van der Waals surface area contributed by atoms with Gasteiger partial charge in [0.05, 0.1) is 5.56 Å². The van der Waals surface area contributed by atoms with Gasteiger partial charge < -0.3 is 14.8 Å². The van der Waals surface area contributed by atoms with Gasteiger partial charge in [0.1, 0.15) is 12.5 Å². The van der Waals surface area contributed by atoms with Gasteiger partial charge in [-0.3, -0.25) is 0 Å². The summed E-state index contributed by atoms with van der Waals surface area (Å²) in [5.41, 5.74) is 2.72. The van der Waals surface area contributed by atoms with Crippen molar-refractivity contribution >= 4 is 25.2 Å². The van der Waals surface area contributed by atoms with Crippen LogP contribution in [0.1, 0.15) is 30.5 Å². The molecule has 1 unspecified atom stereocenters. The normalized spacial score (nSPS) is 11.1. The van der Waals surface area contributed by atoms with Gasteiger partial charge in [-0.05, 0) is 42.5 Å². The number of benzene rings is 1. The highest BCUT2D eigenvalue weighted by molar-refractivity contribution is 7.42. The van der Waals surface area contributed by atoms with Gasteiger partial charge >= 0.3 is 7.80 Å². The predicted molar refractivity (Wildman–Crippen MR) is 112 cm³/mol. The molecule has 2 aromatic rings. The lowest BCUT2D eigenvalue weighted by Gasteiger charge is -2.10. The Hall–Kier alpha value is -2.03. The number of nitrogens with zero attached hydrogens (tertiary/aromatic N) is 2. The smallest absolute Gasteiger partial charge is 0.340 e. The Bertz CT molecular complexity index is 844. The number of aromatic nitrogens is 2. The van der Waals surface area contributed by atoms with Crippen LogP contribution in [0.25, 0.3) is 0 Å². The van der Waals surface area contributed by atoms with Crippen molar-refractivity contribution in [1.82, 2.24) is 9.97 Å². The van der Waals surface area contributed by atoms with Gasteiger partial charge in [-0.2, -0.15) is 4.98 Å². The second-order valence-electron chi connectivity index (χ2n) is 5.87. The van der Waals surface area contributed by atoms with E-state index < -0.39 is 14.1 Å². The molecular formula is C20H24ClN3O3P+. The van der Waals surface area contributed by atoms with Crippen LogP contribution >= 0.6 is 19.4 Å². The van der Waals surface area contributed by atoms with Gasteiger partial charge in [0, 0.05) is 26.0 Å². The summed E-state index contributed by atoms with van der Waals surface area (Å²) in [7, 11) is -1.19. The Labute approximate surface area is 171 Å². The molecule has 2 rings (SSSR count). The van der Waals surface area contributed by atoms with Crippen LogP contribution in [0, 0.1) is 11.8 Å². The van der Waals surface area contributed by atoms with E-state index in [9.17, 15) is 4.57 Å².